The molecule has 1 fully saturated rings. The summed E-state index contributed by atoms with van der Waals surface area (Å²) in [5.74, 6) is -1.18. The highest BCUT2D eigenvalue weighted by Crippen LogP contribution is 2.45. The Labute approximate surface area is 227 Å². The highest BCUT2D eigenvalue weighted by molar-refractivity contribution is 7.22. The van der Waals surface area contributed by atoms with Gasteiger partial charge in [-0.2, -0.15) is 0 Å². The van der Waals surface area contributed by atoms with E-state index in [-0.39, 0.29) is 29.2 Å². The number of aromatic nitrogens is 1. The molecule has 196 valence electrons. The van der Waals surface area contributed by atoms with E-state index in [9.17, 15) is 19.1 Å². The summed E-state index contributed by atoms with van der Waals surface area (Å²) < 4.78 is 25.9. The van der Waals surface area contributed by atoms with Crippen LogP contribution in [0.25, 0.3) is 16.0 Å². The van der Waals surface area contributed by atoms with Gasteiger partial charge in [-0.05, 0) is 66.6 Å². The summed E-state index contributed by atoms with van der Waals surface area (Å²) in [4.78, 5) is 32.9. The van der Waals surface area contributed by atoms with Crippen LogP contribution in [0, 0.1) is 5.82 Å². The number of carbonyl (C=O) groups is 2. The summed E-state index contributed by atoms with van der Waals surface area (Å²) in [6.45, 7) is 5.89. The minimum absolute atomic E-state index is 0.00477. The molecule has 1 amide bonds. The Morgan fingerprint density at radius 2 is 2.08 bits per heavy atom. The molecule has 6 rings (SSSR count). The van der Waals surface area contributed by atoms with Crippen LogP contribution in [0.2, 0.25) is 0 Å². The maximum Gasteiger partial charge on any atom is 0.301 e. The van der Waals surface area contributed by atoms with Gasteiger partial charge in [-0.3, -0.25) is 14.5 Å². The number of Topliss-reactive ketones (excluding diaryl/α,β-unsaturated/α-hetero) is 1. The number of halogens is 1. The third-order valence-corrected chi connectivity index (χ3v) is 7.72. The SMILES string of the molecule is C=CCOc1cccc(C2/C(=C(\O)c3ccc4c(c3)CC(C)O4)C(=O)C(=O)N2c2nc3ccc(F)cc3s2)c1. The van der Waals surface area contributed by atoms with Crippen LogP contribution in [0.1, 0.15) is 29.7 Å². The van der Waals surface area contributed by atoms with Crippen molar-refractivity contribution in [3.8, 4) is 11.5 Å². The molecule has 0 aliphatic carbocycles. The molecule has 0 saturated carbocycles. The van der Waals surface area contributed by atoms with Gasteiger partial charge < -0.3 is 14.6 Å². The van der Waals surface area contributed by atoms with E-state index in [1.54, 1.807) is 48.5 Å². The largest absolute Gasteiger partial charge is 0.507 e. The Balaban J connectivity index is 1.53. The lowest BCUT2D eigenvalue weighted by atomic mass is 9.94. The molecule has 0 bridgehead atoms. The molecular weight excluding hydrogens is 519 g/mol. The van der Waals surface area contributed by atoms with Gasteiger partial charge in [0.15, 0.2) is 5.13 Å². The number of nitrogens with zero attached hydrogens (tertiary/aromatic N) is 2. The Morgan fingerprint density at radius 1 is 1.23 bits per heavy atom. The first-order valence-electron chi connectivity index (χ1n) is 12.3. The van der Waals surface area contributed by atoms with Gasteiger partial charge in [0.05, 0.1) is 21.8 Å². The fourth-order valence-electron chi connectivity index (χ4n) is 4.99. The molecule has 2 unspecified atom stereocenters. The van der Waals surface area contributed by atoms with Crippen molar-refractivity contribution in [3.05, 3.63) is 101 Å². The number of rotatable bonds is 6. The molecule has 2 aliphatic rings. The van der Waals surface area contributed by atoms with Gasteiger partial charge in [-0.1, -0.05) is 36.1 Å². The fraction of sp³-hybridized carbons (Fsp3) is 0.167. The van der Waals surface area contributed by atoms with Gasteiger partial charge in [0.25, 0.3) is 5.78 Å². The van der Waals surface area contributed by atoms with Crippen molar-refractivity contribution in [2.75, 3.05) is 11.5 Å². The second-order valence-electron chi connectivity index (χ2n) is 9.40. The maximum absolute atomic E-state index is 13.9. The smallest absolute Gasteiger partial charge is 0.301 e. The molecule has 0 spiro atoms. The molecule has 1 N–H and O–H groups in total. The number of fused-ring (bicyclic) bond motifs is 2. The summed E-state index contributed by atoms with van der Waals surface area (Å²) in [5.41, 5.74) is 2.28. The van der Waals surface area contributed by atoms with Crippen molar-refractivity contribution in [1.82, 2.24) is 4.98 Å². The molecular formula is C30H23FN2O5S. The molecule has 7 nitrogen and oxygen atoms in total. The zero-order chi connectivity index (χ0) is 27.3. The predicted octanol–water partition coefficient (Wildman–Crippen LogP) is 5.95. The van der Waals surface area contributed by atoms with Gasteiger partial charge in [0.1, 0.15) is 35.8 Å². The first kappa shape index (κ1) is 24.8. The van der Waals surface area contributed by atoms with Crippen LogP contribution in [0.4, 0.5) is 9.52 Å². The topological polar surface area (TPSA) is 89.0 Å². The van der Waals surface area contributed by atoms with Gasteiger partial charge in [0.2, 0.25) is 0 Å². The lowest BCUT2D eigenvalue weighted by molar-refractivity contribution is -0.132. The first-order chi connectivity index (χ1) is 18.8. The number of ether oxygens (including phenoxy) is 2. The number of amides is 1. The highest BCUT2D eigenvalue weighted by atomic mass is 32.1. The van der Waals surface area contributed by atoms with Crippen LogP contribution in [0.5, 0.6) is 11.5 Å². The van der Waals surface area contributed by atoms with E-state index in [1.165, 1.54) is 23.1 Å². The standard InChI is InChI=1S/C30H23FN2O5S/c1-3-11-37-21-6-4-5-17(14-21)26-25(27(34)18-7-10-23-19(13-18)12-16(2)38-23)28(35)29(36)33(26)30-32-22-9-8-20(31)15-24(22)39-30/h3-10,13-16,26,34H,1,11-12H2,2H3/b27-25+. The summed E-state index contributed by atoms with van der Waals surface area (Å²) in [6, 6.07) is 15.3. The lowest BCUT2D eigenvalue weighted by Crippen LogP contribution is -2.29. The van der Waals surface area contributed by atoms with Gasteiger partial charge >= 0.3 is 5.91 Å². The Morgan fingerprint density at radius 3 is 2.90 bits per heavy atom. The number of aliphatic hydroxyl groups is 1. The minimum atomic E-state index is -0.994. The molecule has 1 saturated heterocycles. The van der Waals surface area contributed by atoms with E-state index in [1.807, 2.05) is 6.92 Å². The van der Waals surface area contributed by atoms with Gasteiger partial charge in [-0.25, -0.2) is 9.37 Å². The second-order valence-corrected chi connectivity index (χ2v) is 10.4. The Hall–Kier alpha value is -4.50. The average Bonchev–Trinajstić information content (AvgIpc) is 3.59. The predicted molar refractivity (Wildman–Crippen MR) is 147 cm³/mol. The first-order valence-corrected chi connectivity index (χ1v) is 13.2. The van der Waals surface area contributed by atoms with Crippen molar-refractivity contribution < 1.29 is 28.6 Å². The van der Waals surface area contributed by atoms with E-state index in [0.717, 1.165) is 22.6 Å². The molecule has 0 radical (unpaired) electrons. The van der Waals surface area contributed by atoms with Crippen LogP contribution >= 0.6 is 11.3 Å². The van der Waals surface area contributed by atoms with Crippen LogP contribution in [0.15, 0.2) is 78.9 Å². The van der Waals surface area contributed by atoms with Crippen LogP contribution in [-0.2, 0) is 16.0 Å². The maximum atomic E-state index is 13.9. The third kappa shape index (κ3) is 4.34. The molecule has 3 aromatic carbocycles. The summed E-state index contributed by atoms with van der Waals surface area (Å²) in [7, 11) is 0. The van der Waals surface area contributed by atoms with E-state index in [0.29, 0.717) is 33.5 Å². The zero-order valence-electron chi connectivity index (χ0n) is 20.9. The summed E-state index contributed by atoms with van der Waals surface area (Å²) in [5, 5.41) is 11.7. The van der Waals surface area contributed by atoms with Crippen LogP contribution in [0.3, 0.4) is 0 Å². The van der Waals surface area contributed by atoms with E-state index in [2.05, 4.69) is 11.6 Å². The molecule has 39 heavy (non-hydrogen) atoms. The van der Waals surface area contributed by atoms with Crippen LogP contribution < -0.4 is 14.4 Å². The van der Waals surface area contributed by atoms with E-state index >= 15 is 0 Å². The Kier molecular flexibility index (Phi) is 6.15. The van der Waals surface area contributed by atoms with Crippen molar-refractivity contribution >= 4 is 44.1 Å². The molecule has 3 heterocycles. The highest BCUT2D eigenvalue weighted by Gasteiger charge is 2.48. The molecule has 4 aromatic rings. The van der Waals surface area contributed by atoms with Crippen molar-refractivity contribution in [3.63, 3.8) is 0 Å². The second kappa shape index (κ2) is 9.67. The normalized spacial score (nSPS) is 19.8. The summed E-state index contributed by atoms with van der Waals surface area (Å²) in [6.07, 6.45) is 2.28. The van der Waals surface area contributed by atoms with Gasteiger partial charge in [0, 0.05) is 12.0 Å². The minimum Gasteiger partial charge on any atom is -0.507 e. The number of hydrogen-bond acceptors (Lipinski definition) is 7. The monoisotopic (exact) mass is 542 g/mol. The Bertz CT molecular complexity index is 1690. The number of benzene rings is 3. The number of thiazole rings is 1. The number of carbonyl (C=O) groups excluding carboxylic acids is 2. The molecule has 2 aliphatic heterocycles. The average molecular weight is 543 g/mol. The number of anilines is 1. The number of aliphatic hydroxyl groups excluding tert-OH is 1. The van der Waals surface area contributed by atoms with Crippen LogP contribution in [-0.4, -0.2) is 34.5 Å². The van der Waals surface area contributed by atoms with E-state index in [4.69, 9.17) is 9.47 Å². The number of ketones is 1. The van der Waals surface area contributed by atoms with Crippen molar-refractivity contribution in [2.45, 2.75) is 25.5 Å². The quantitative estimate of drug-likeness (QED) is 0.140. The fourth-order valence-corrected chi connectivity index (χ4v) is 6.01. The molecule has 1 aromatic heterocycles. The zero-order valence-corrected chi connectivity index (χ0v) is 21.7. The molecule has 2 atom stereocenters. The van der Waals surface area contributed by atoms with E-state index < -0.39 is 23.5 Å². The molecule has 9 heteroatoms. The van der Waals surface area contributed by atoms with Crippen molar-refractivity contribution in [2.24, 2.45) is 0 Å². The summed E-state index contributed by atoms with van der Waals surface area (Å²) >= 11 is 1.09. The lowest BCUT2D eigenvalue weighted by Gasteiger charge is -2.23. The van der Waals surface area contributed by atoms with Gasteiger partial charge in [-0.15, -0.1) is 0 Å². The third-order valence-electron chi connectivity index (χ3n) is 6.70. The van der Waals surface area contributed by atoms with Crippen molar-refractivity contribution in [1.29, 1.82) is 0 Å². The number of hydrogen-bond donors (Lipinski definition) is 1.